The topological polar surface area (TPSA) is 9.23 Å². The monoisotopic (exact) mass is 316 g/mol. The van der Waals surface area contributed by atoms with Crippen molar-refractivity contribution in [2.45, 2.75) is 13.0 Å². The van der Waals surface area contributed by atoms with Gasteiger partial charge < -0.3 is 4.74 Å². The Morgan fingerprint density at radius 2 is 1.68 bits per heavy atom. The van der Waals surface area contributed by atoms with E-state index in [-0.39, 0.29) is 6.10 Å². The highest BCUT2D eigenvalue weighted by molar-refractivity contribution is 9.15. The van der Waals surface area contributed by atoms with Gasteiger partial charge in [-0.15, -0.1) is 0 Å². The molecule has 19 heavy (non-hydrogen) atoms. The van der Waals surface area contributed by atoms with Crippen LogP contribution in [0.3, 0.4) is 0 Å². The van der Waals surface area contributed by atoms with Gasteiger partial charge in [0.15, 0.2) is 0 Å². The van der Waals surface area contributed by atoms with Crippen molar-refractivity contribution < 1.29 is 4.74 Å². The zero-order valence-corrected chi connectivity index (χ0v) is 12.7. The smallest absolute Gasteiger partial charge is 0.102 e. The molecular weight excluding hydrogens is 300 g/mol. The standard InChI is InChI=1S/C17H17BrO/c1-13-8-6-7-11-15(13)16(18)12-17(19-2)14-9-4-3-5-10-14/h3-12,17H,1-2H3/b16-12+. The Labute approximate surface area is 123 Å². The molecule has 0 aliphatic heterocycles. The summed E-state index contributed by atoms with van der Waals surface area (Å²) in [4.78, 5) is 0. The second-order valence-electron chi connectivity index (χ2n) is 4.40. The van der Waals surface area contributed by atoms with Gasteiger partial charge >= 0.3 is 0 Å². The fourth-order valence-corrected chi connectivity index (χ4v) is 2.69. The van der Waals surface area contributed by atoms with Crippen molar-refractivity contribution in [2.75, 3.05) is 7.11 Å². The third kappa shape index (κ3) is 3.55. The van der Waals surface area contributed by atoms with Crippen LogP contribution < -0.4 is 0 Å². The second kappa shape index (κ2) is 6.69. The first-order valence-corrected chi connectivity index (χ1v) is 7.02. The van der Waals surface area contributed by atoms with Crippen LogP contribution in [0.1, 0.15) is 22.8 Å². The van der Waals surface area contributed by atoms with Crippen molar-refractivity contribution in [2.24, 2.45) is 0 Å². The van der Waals surface area contributed by atoms with Crippen LogP contribution in [0.4, 0.5) is 0 Å². The zero-order valence-electron chi connectivity index (χ0n) is 11.1. The Bertz CT molecular complexity index is 560. The number of benzene rings is 2. The molecular formula is C17H17BrO. The van der Waals surface area contributed by atoms with Gasteiger partial charge in [0.05, 0.1) is 0 Å². The first kappa shape index (κ1) is 14.0. The molecule has 0 radical (unpaired) electrons. The van der Waals surface area contributed by atoms with E-state index in [1.54, 1.807) is 7.11 Å². The number of methoxy groups -OCH3 is 1. The molecule has 1 unspecified atom stereocenters. The molecule has 0 saturated heterocycles. The summed E-state index contributed by atoms with van der Waals surface area (Å²) in [7, 11) is 1.73. The molecule has 1 nitrogen and oxygen atoms in total. The number of hydrogen-bond acceptors (Lipinski definition) is 1. The minimum atomic E-state index is -0.0461. The Balaban J connectivity index is 2.31. The van der Waals surface area contributed by atoms with Crippen LogP contribution in [0, 0.1) is 6.92 Å². The lowest BCUT2D eigenvalue weighted by Crippen LogP contribution is -1.98. The van der Waals surface area contributed by atoms with Gasteiger partial charge in [-0.05, 0) is 29.7 Å². The van der Waals surface area contributed by atoms with Gasteiger partial charge in [-0.1, -0.05) is 70.5 Å². The predicted octanol–water partition coefficient (Wildman–Crippen LogP) is 5.12. The van der Waals surface area contributed by atoms with Crippen molar-refractivity contribution in [3.8, 4) is 0 Å². The molecule has 2 heteroatoms. The number of aryl methyl sites for hydroxylation is 1. The van der Waals surface area contributed by atoms with Crippen LogP contribution in [-0.4, -0.2) is 7.11 Å². The van der Waals surface area contributed by atoms with Crippen molar-refractivity contribution >= 4 is 20.4 Å². The second-order valence-corrected chi connectivity index (χ2v) is 5.25. The lowest BCUT2D eigenvalue weighted by molar-refractivity contribution is 0.143. The third-order valence-electron chi connectivity index (χ3n) is 3.08. The van der Waals surface area contributed by atoms with Gasteiger partial charge in [0.25, 0.3) is 0 Å². The van der Waals surface area contributed by atoms with Gasteiger partial charge in [-0.3, -0.25) is 0 Å². The Hall–Kier alpha value is -1.38. The van der Waals surface area contributed by atoms with E-state index in [1.165, 1.54) is 11.1 Å². The molecule has 2 aromatic rings. The van der Waals surface area contributed by atoms with E-state index in [2.05, 4.69) is 53.2 Å². The average Bonchev–Trinajstić information content (AvgIpc) is 2.46. The van der Waals surface area contributed by atoms with Gasteiger partial charge in [0.1, 0.15) is 6.10 Å². The third-order valence-corrected chi connectivity index (χ3v) is 3.77. The fourth-order valence-electron chi connectivity index (χ4n) is 2.01. The lowest BCUT2D eigenvalue weighted by Gasteiger charge is -2.13. The molecule has 2 rings (SSSR count). The highest BCUT2D eigenvalue weighted by atomic mass is 79.9. The van der Waals surface area contributed by atoms with Crippen LogP contribution in [0.2, 0.25) is 0 Å². The molecule has 0 aliphatic rings. The highest BCUT2D eigenvalue weighted by Crippen LogP contribution is 2.29. The van der Waals surface area contributed by atoms with Crippen molar-refractivity contribution in [3.63, 3.8) is 0 Å². The summed E-state index contributed by atoms with van der Waals surface area (Å²) in [5.74, 6) is 0. The molecule has 0 spiro atoms. The van der Waals surface area contributed by atoms with Crippen LogP contribution in [0.5, 0.6) is 0 Å². The van der Waals surface area contributed by atoms with Crippen molar-refractivity contribution in [3.05, 3.63) is 77.4 Å². The van der Waals surface area contributed by atoms with Crippen LogP contribution >= 0.6 is 15.9 Å². The summed E-state index contributed by atoms with van der Waals surface area (Å²) < 4.78 is 6.62. The number of hydrogen-bond donors (Lipinski definition) is 0. The summed E-state index contributed by atoms with van der Waals surface area (Å²) in [6.45, 7) is 2.11. The van der Waals surface area contributed by atoms with Gasteiger partial charge in [0, 0.05) is 11.6 Å². The van der Waals surface area contributed by atoms with Gasteiger partial charge in [-0.2, -0.15) is 0 Å². The molecule has 2 aromatic carbocycles. The minimum Gasteiger partial charge on any atom is -0.373 e. The normalized spacial score (nSPS) is 13.3. The van der Waals surface area contributed by atoms with E-state index in [9.17, 15) is 0 Å². The largest absolute Gasteiger partial charge is 0.373 e. The maximum absolute atomic E-state index is 5.56. The summed E-state index contributed by atoms with van der Waals surface area (Å²) in [5.41, 5.74) is 3.59. The summed E-state index contributed by atoms with van der Waals surface area (Å²) in [5, 5.41) is 0. The molecule has 0 aromatic heterocycles. The quantitative estimate of drug-likeness (QED) is 0.760. The Morgan fingerprint density at radius 1 is 1.05 bits per heavy atom. The van der Waals surface area contributed by atoms with E-state index >= 15 is 0 Å². The van der Waals surface area contributed by atoms with Crippen LogP contribution in [0.25, 0.3) is 4.48 Å². The Kier molecular flexibility index (Phi) is 4.94. The maximum atomic E-state index is 5.56. The van der Waals surface area contributed by atoms with Gasteiger partial charge in [0.2, 0.25) is 0 Å². The van der Waals surface area contributed by atoms with Crippen LogP contribution in [-0.2, 0) is 4.74 Å². The molecule has 0 aliphatic carbocycles. The predicted molar refractivity (Wildman–Crippen MR) is 84.3 cm³/mol. The van der Waals surface area contributed by atoms with Crippen LogP contribution in [0.15, 0.2) is 60.7 Å². The van der Waals surface area contributed by atoms with Crippen molar-refractivity contribution in [1.29, 1.82) is 0 Å². The summed E-state index contributed by atoms with van der Waals surface area (Å²) in [6.07, 6.45) is 2.05. The number of rotatable bonds is 4. The van der Waals surface area contributed by atoms with Crippen molar-refractivity contribution in [1.82, 2.24) is 0 Å². The molecule has 98 valence electrons. The van der Waals surface area contributed by atoms with Gasteiger partial charge in [-0.25, -0.2) is 0 Å². The highest BCUT2D eigenvalue weighted by Gasteiger charge is 2.09. The number of ether oxygens (including phenoxy) is 1. The maximum Gasteiger partial charge on any atom is 0.102 e. The first-order valence-electron chi connectivity index (χ1n) is 6.23. The molecule has 0 amide bonds. The van der Waals surface area contributed by atoms with E-state index in [0.717, 1.165) is 10.0 Å². The molecule has 0 N–H and O–H groups in total. The van der Waals surface area contributed by atoms with E-state index < -0.39 is 0 Å². The first-order chi connectivity index (χ1) is 9.22. The summed E-state index contributed by atoms with van der Waals surface area (Å²) in [6, 6.07) is 18.5. The molecule has 0 heterocycles. The molecule has 1 atom stereocenters. The molecule has 0 bridgehead atoms. The van der Waals surface area contributed by atoms with E-state index in [0.29, 0.717) is 0 Å². The Morgan fingerprint density at radius 3 is 2.32 bits per heavy atom. The number of halogens is 1. The van der Waals surface area contributed by atoms with E-state index in [1.807, 2.05) is 30.3 Å². The van der Waals surface area contributed by atoms with E-state index in [4.69, 9.17) is 4.74 Å². The zero-order chi connectivity index (χ0) is 13.7. The average molecular weight is 317 g/mol. The minimum absolute atomic E-state index is 0.0461. The molecule has 0 fully saturated rings. The lowest BCUT2D eigenvalue weighted by atomic mass is 10.1. The molecule has 0 saturated carbocycles. The SMILES string of the molecule is COC(/C=C(/Br)c1ccccc1C)c1ccccc1. The fraction of sp³-hybridized carbons (Fsp3) is 0.176. The summed E-state index contributed by atoms with van der Waals surface area (Å²) >= 11 is 3.66.